The first kappa shape index (κ1) is 11.2. The highest BCUT2D eigenvalue weighted by molar-refractivity contribution is 9.08. The Morgan fingerprint density at radius 3 is 2.50 bits per heavy atom. The van der Waals surface area contributed by atoms with Crippen LogP contribution in [0.5, 0.6) is 0 Å². The summed E-state index contributed by atoms with van der Waals surface area (Å²) in [6, 6.07) is 7.61. The second-order valence-electron chi connectivity index (χ2n) is 3.09. The lowest BCUT2D eigenvalue weighted by molar-refractivity contribution is 0.0953. The highest BCUT2D eigenvalue weighted by atomic mass is 79.9. The van der Waals surface area contributed by atoms with E-state index in [1.165, 1.54) is 5.56 Å². The number of halogens is 1. The van der Waals surface area contributed by atoms with Gasteiger partial charge in [-0.1, -0.05) is 35.0 Å². The molecule has 1 N–H and O–H groups in total. The molecule has 1 aromatic rings. The summed E-state index contributed by atoms with van der Waals surface area (Å²) in [7, 11) is 0. The third-order valence-corrected chi connectivity index (χ3v) is 2.55. The minimum atomic E-state index is 0.00738. The molecule has 0 saturated heterocycles. The van der Waals surface area contributed by atoms with Crippen LogP contribution in [0.3, 0.4) is 0 Å². The first-order valence-corrected chi connectivity index (χ1v) is 5.83. The number of amides is 1. The van der Waals surface area contributed by atoms with Crippen LogP contribution in [0.4, 0.5) is 0 Å². The van der Waals surface area contributed by atoms with E-state index >= 15 is 0 Å². The Morgan fingerprint density at radius 1 is 1.36 bits per heavy atom. The molecule has 0 aliphatic heterocycles. The van der Waals surface area contributed by atoms with Crippen molar-refractivity contribution in [3.63, 3.8) is 0 Å². The molecular formula is C11H14BrNO. The monoisotopic (exact) mass is 255 g/mol. The molecule has 0 aliphatic rings. The van der Waals surface area contributed by atoms with Crippen LogP contribution in [-0.2, 0) is 5.33 Å². The minimum absolute atomic E-state index is 0.00738. The number of carbonyl (C=O) groups is 1. The third-order valence-electron chi connectivity index (χ3n) is 1.91. The second kappa shape index (κ2) is 5.81. The van der Waals surface area contributed by atoms with Crippen molar-refractivity contribution < 1.29 is 4.79 Å². The SMILES string of the molecule is CCCNC(=O)c1ccc(CBr)cc1. The maximum Gasteiger partial charge on any atom is 0.251 e. The molecule has 0 radical (unpaired) electrons. The summed E-state index contributed by atoms with van der Waals surface area (Å²) in [5.74, 6) is 0.00738. The Balaban J connectivity index is 2.62. The molecule has 14 heavy (non-hydrogen) atoms. The first-order valence-electron chi connectivity index (χ1n) is 4.71. The van der Waals surface area contributed by atoms with Gasteiger partial charge in [0.05, 0.1) is 0 Å². The van der Waals surface area contributed by atoms with Gasteiger partial charge < -0.3 is 5.32 Å². The number of carbonyl (C=O) groups excluding carboxylic acids is 1. The highest BCUT2D eigenvalue weighted by Crippen LogP contribution is 2.07. The third kappa shape index (κ3) is 3.14. The molecule has 0 heterocycles. The largest absolute Gasteiger partial charge is 0.352 e. The molecule has 2 nitrogen and oxygen atoms in total. The maximum atomic E-state index is 11.5. The molecule has 0 spiro atoms. The summed E-state index contributed by atoms with van der Waals surface area (Å²) in [6.45, 7) is 2.77. The predicted octanol–water partition coefficient (Wildman–Crippen LogP) is 2.72. The van der Waals surface area contributed by atoms with Crippen LogP contribution in [0.15, 0.2) is 24.3 Å². The standard InChI is InChI=1S/C11H14BrNO/c1-2-7-13-11(14)10-5-3-9(8-12)4-6-10/h3-6H,2,7-8H2,1H3,(H,13,14). The lowest BCUT2D eigenvalue weighted by Gasteiger charge is -2.03. The van der Waals surface area contributed by atoms with Gasteiger partial charge in [-0.25, -0.2) is 0 Å². The van der Waals surface area contributed by atoms with Gasteiger partial charge in [0.25, 0.3) is 5.91 Å². The van der Waals surface area contributed by atoms with Gasteiger partial charge in [0, 0.05) is 17.4 Å². The van der Waals surface area contributed by atoms with Crippen molar-refractivity contribution in [3.05, 3.63) is 35.4 Å². The maximum absolute atomic E-state index is 11.5. The zero-order chi connectivity index (χ0) is 10.4. The normalized spacial score (nSPS) is 9.86. The van der Waals surface area contributed by atoms with Crippen LogP contribution < -0.4 is 5.32 Å². The van der Waals surface area contributed by atoms with Crippen molar-refractivity contribution in [2.75, 3.05) is 6.54 Å². The first-order chi connectivity index (χ1) is 6.77. The van der Waals surface area contributed by atoms with Crippen LogP contribution in [0.2, 0.25) is 0 Å². The number of nitrogens with one attached hydrogen (secondary N) is 1. The Morgan fingerprint density at radius 2 is 2.00 bits per heavy atom. The van der Waals surface area contributed by atoms with Gasteiger partial charge in [-0.2, -0.15) is 0 Å². The van der Waals surface area contributed by atoms with Crippen LogP contribution >= 0.6 is 15.9 Å². The molecule has 0 saturated carbocycles. The van der Waals surface area contributed by atoms with Gasteiger partial charge in [0.1, 0.15) is 0 Å². The van der Waals surface area contributed by atoms with E-state index in [1.807, 2.05) is 31.2 Å². The number of alkyl halides is 1. The van der Waals surface area contributed by atoms with E-state index in [4.69, 9.17) is 0 Å². The molecule has 1 amide bonds. The summed E-state index contributed by atoms with van der Waals surface area (Å²) in [5, 5.41) is 3.66. The molecule has 0 fully saturated rings. The van der Waals surface area contributed by atoms with E-state index in [2.05, 4.69) is 21.2 Å². The van der Waals surface area contributed by atoms with Crippen molar-refractivity contribution >= 4 is 21.8 Å². The topological polar surface area (TPSA) is 29.1 Å². The van der Waals surface area contributed by atoms with Gasteiger partial charge in [-0.3, -0.25) is 4.79 Å². The fraction of sp³-hybridized carbons (Fsp3) is 0.364. The lowest BCUT2D eigenvalue weighted by atomic mass is 10.1. The van der Waals surface area contributed by atoms with Crippen LogP contribution in [0.25, 0.3) is 0 Å². The van der Waals surface area contributed by atoms with Gasteiger partial charge in [-0.05, 0) is 24.1 Å². The summed E-state index contributed by atoms with van der Waals surface area (Å²) in [6.07, 6.45) is 0.964. The summed E-state index contributed by atoms with van der Waals surface area (Å²) < 4.78 is 0. The average molecular weight is 256 g/mol. The Bertz CT molecular complexity index is 295. The zero-order valence-corrected chi connectivity index (χ0v) is 9.80. The van der Waals surface area contributed by atoms with E-state index in [1.54, 1.807) is 0 Å². The van der Waals surface area contributed by atoms with Gasteiger partial charge >= 0.3 is 0 Å². The van der Waals surface area contributed by atoms with E-state index in [0.717, 1.165) is 23.9 Å². The number of benzene rings is 1. The molecule has 3 heteroatoms. The van der Waals surface area contributed by atoms with Crippen LogP contribution in [0.1, 0.15) is 29.3 Å². The Kier molecular flexibility index (Phi) is 4.66. The summed E-state index contributed by atoms with van der Waals surface area (Å²) in [4.78, 5) is 11.5. The number of hydrogen-bond acceptors (Lipinski definition) is 1. The molecule has 0 bridgehead atoms. The van der Waals surface area contributed by atoms with Gasteiger partial charge in [0.15, 0.2) is 0 Å². The lowest BCUT2D eigenvalue weighted by Crippen LogP contribution is -2.23. The van der Waals surface area contributed by atoms with E-state index < -0.39 is 0 Å². The Hall–Kier alpha value is -0.830. The van der Waals surface area contributed by atoms with E-state index in [0.29, 0.717) is 0 Å². The minimum Gasteiger partial charge on any atom is -0.352 e. The van der Waals surface area contributed by atoms with Crippen LogP contribution in [0, 0.1) is 0 Å². The van der Waals surface area contributed by atoms with E-state index in [-0.39, 0.29) is 5.91 Å². The number of rotatable bonds is 4. The molecule has 1 rings (SSSR count). The fourth-order valence-corrected chi connectivity index (χ4v) is 1.46. The highest BCUT2D eigenvalue weighted by Gasteiger charge is 2.02. The van der Waals surface area contributed by atoms with Gasteiger partial charge in [0.2, 0.25) is 0 Å². The quantitative estimate of drug-likeness (QED) is 0.824. The van der Waals surface area contributed by atoms with Crippen molar-refractivity contribution in [3.8, 4) is 0 Å². The summed E-state index contributed by atoms with van der Waals surface area (Å²) >= 11 is 3.36. The van der Waals surface area contributed by atoms with Crippen molar-refractivity contribution in [1.29, 1.82) is 0 Å². The second-order valence-corrected chi connectivity index (χ2v) is 3.65. The number of hydrogen-bond donors (Lipinski definition) is 1. The summed E-state index contributed by atoms with van der Waals surface area (Å²) in [5.41, 5.74) is 1.90. The van der Waals surface area contributed by atoms with Crippen molar-refractivity contribution in [2.24, 2.45) is 0 Å². The molecule has 0 unspecified atom stereocenters. The zero-order valence-electron chi connectivity index (χ0n) is 8.22. The van der Waals surface area contributed by atoms with Gasteiger partial charge in [-0.15, -0.1) is 0 Å². The molecular weight excluding hydrogens is 242 g/mol. The fourth-order valence-electron chi connectivity index (χ4n) is 1.09. The smallest absolute Gasteiger partial charge is 0.251 e. The molecule has 76 valence electrons. The average Bonchev–Trinajstić information content (AvgIpc) is 2.26. The Labute approximate surface area is 92.8 Å². The molecule has 0 aliphatic carbocycles. The molecule has 1 aromatic carbocycles. The molecule has 0 atom stereocenters. The predicted molar refractivity (Wildman–Crippen MR) is 61.7 cm³/mol. The molecule has 0 aromatic heterocycles. The van der Waals surface area contributed by atoms with Crippen LogP contribution in [-0.4, -0.2) is 12.5 Å². The van der Waals surface area contributed by atoms with Crippen molar-refractivity contribution in [1.82, 2.24) is 5.32 Å². The van der Waals surface area contributed by atoms with Crippen molar-refractivity contribution in [2.45, 2.75) is 18.7 Å². The van der Waals surface area contributed by atoms with E-state index in [9.17, 15) is 4.79 Å².